The molecule has 0 unspecified atom stereocenters. The lowest BCUT2D eigenvalue weighted by atomic mass is 10.2. The Morgan fingerprint density at radius 1 is 0.906 bits per heavy atom. The van der Waals surface area contributed by atoms with Gasteiger partial charge in [-0.2, -0.15) is 0 Å². The van der Waals surface area contributed by atoms with Gasteiger partial charge in [0.1, 0.15) is 17.3 Å². The van der Waals surface area contributed by atoms with Gasteiger partial charge in [-0.15, -0.1) is 0 Å². The highest BCUT2D eigenvalue weighted by Gasteiger charge is 2.24. The van der Waals surface area contributed by atoms with Crippen LogP contribution in [-0.4, -0.2) is 68.4 Å². The average Bonchev–Trinajstić information content (AvgIpc) is 2.83. The van der Waals surface area contributed by atoms with Gasteiger partial charge in [-0.3, -0.25) is 5.32 Å². The molecule has 2 heterocycles. The number of nitrogens with zero attached hydrogens (tertiary/aromatic N) is 4. The molecule has 2 amide bonds. The largest absolute Gasteiger partial charge is 0.497 e. The molecule has 1 aliphatic rings. The zero-order valence-corrected chi connectivity index (χ0v) is 18.1. The van der Waals surface area contributed by atoms with Gasteiger partial charge in [0.15, 0.2) is 5.82 Å². The molecule has 168 valence electrons. The van der Waals surface area contributed by atoms with Crippen LogP contribution in [0.1, 0.15) is 0 Å². The van der Waals surface area contributed by atoms with Gasteiger partial charge in [-0.1, -0.05) is 0 Å². The fourth-order valence-electron chi connectivity index (χ4n) is 3.56. The van der Waals surface area contributed by atoms with Crippen molar-refractivity contribution in [2.75, 3.05) is 57.7 Å². The number of nitrogens with one attached hydrogen (secondary N) is 1. The highest BCUT2D eigenvalue weighted by atomic mass is 19.1. The van der Waals surface area contributed by atoms with E-state index in [1.807, 2.05) is 18.2 Å². The Labute approximate surface area is 184 Å². The summed E-state index contributed by atoms with van der Waals surface area (Å²) >= 11 is 0. The number of piperazine rings is 1. The molecule has 0 saturated carbocycles. The van der Waals surface area contributed by atoms with E-state index in [0.717, 1.165) is 5.69 Å². The number of hydrogen-bond acceptors (Lipinski definition) is 7. The molecule has 3 aromatic rings. The number of urea groups is 1. The first-order valence-corrected chi connectivity index (χ1v) is 10.1. The van der Waals surface area contributed by atoms with E-state index < -0.39 is 5.82 Å². The van der Waals surface area contributed by atoms with Crippen molar-refractivity contribution in [1.29, 1.82) is 0 Å². The summed E-state index contributed by atoms with van der Waals surface area (Å²) in [5.41, 5.74) is 1.78. The maximum absolute atomic E-state index is 13.5. The zero-order chi connectivity index (χ0) is 22.7. The van der Waals surface area contributed by atoms with Crippen molar-refractivity contribution in [2.45, 2.75) is 0 Å². The second kappa shape index (κ2) is 9.13. The van der Waals surface area contributed by atoms with E-state index in [1.165, 1.54) is 25.3 Å². The van der Waals surface area contributed by atoms with Gasteiger partial charge >= 0.3 is 6.03 Å². The van der Waals surface area contributed by atoms with Crippen molar-refractivity contribution in [3.8, 4) is 17.4 Å². The number of anilines is 2. The monoisotopic (exact) mass is 441 g/mol. The number of benzene rings is 2. The van der Waals surface area contributed by atoms with Crippen LogP contribution in [-0.2, 0) is 0 Å². The lowest BCUT2D eigenvalue weighted by molar-refractivity contribution is 0.208. The fourth-order valence-corrected chi connectivity index (χ4v) is 3.56. The van der Waals surface area contributed by atoms with E-state index in [4.69, 9.17) is 14.2 Å². The van der Waals surface area contributed by atoms with Crippen molar-refractivity contribution in [1.82, 2.24) is 14.9 Å². The maximum Gasteiger partial charge on any atom is 0.323 e. The summed E-state index contributed by atoms with van der Waals surface area (Å²) in [4.78, 5) is 25.3. The van der Waals surface area contributed by atoms with E-state index in [-0.39, 0.29) is 17.7 Å². The average molecular weight is 441 g/mol. The normalized spacial score (nSPS) is 13.8. The predicted octanol–water partition coefficient (Wildman–Crippen LogP) is 3.15. The number of fused-ring (bicyclic) bond motifs is 1. The predicted molar refractivity (Wildman–Crippen MR) is 118 cm³/mol. The van der Waals surface area contributed by atoms with Gasteiger partial charge in [0.25, 0.3) is 5.88 Å². The molecule has 1 N–H and O–H groups in total. The van der Waals surface area contributed by atoms with E-state index in [1.54, 1.807) is 19.1 Å². The van der Waals surface area contributed by atoms with Gasteiger partial charge in [0.05, 0.1) is 32.4 Å². The number of hydrogen-bond donors (Lipinski definition) is 1. The van der Waals surface area contributed by atoms with Gasteiger partial charge in [-0.25, -0.2) is 19.2 Å². The van der Waals surface area contributed by atoms with E-state index in [2.05, 4.69) is 20.2 Å². The van der Waals surface area contributed by atoms with Crippen LogP contribution in [0, 0.1) is 5.82 Å². The number of methoxy groups -OCH3 is 3. The molecule has 10 heteroatoms. The topological polar surface area (TPSA) is 89.1 Å². The molecule has 32 heavy (non-hydrogen) atoms. The summed E-state index contributed by atoms with van der Waals surface area (Å²) in [5, 5.41) is 2.77. The number of carbonyl (C=O) groups is 1. The van der Waals surface area contributed by atoms with Crippen LogP contribution in [0.15, 0.2) is 36.4 Å². The summed E-state index contributed by atoms with van der Waals surface area (Å²) in [7, 11) is 4.65. The molecule has 0 spiro atoms. The van der Waals surface area contributed by atoms with Crippen LogP contribution >= 0.6 is 0 Å². The Morgan fingerprint density at radius 3 is 2.22 bits per heavy atom. The minimum Gasteiger partial charge on any atom is -0.497 e. The first kappa shape index (κ1) is 21.4. The van der Waals surface area contributed by atoms with E-state index in [9.17, 15) is 9.18 Å². The van der Waals surface area contributed by atoms with Crippen molar-refractivity contribution in [2.24, 2.45) is 0 Å². The van der Waals surface area contributed by atoms with Crippen molar-refractivity contribution < 1.29 is 23.4 Å². The molecule has 9 nitrogen and oxygen atoms in total. The highest BCUT2D eigenvalue weighted by Crippen LogP contribution is 2.29. The highest BCUT2D eigenvalue weighted by molar-refractivity contribution is 5.91. The summed E-state index contributed by atoms with van der Waals surface area (Å²) in [6.07, 6.45) is 0. The molecule has 2 aromatic carbocycles. The molecule has 0 aliphatic carbocycles. The fraction of sp³-hybridized carbons (Fsp3) is 0.318. The molecular weight excluding hydrogens is 417 g/mol. The lowest BCUT2D eigenvalue weighted by Crippen LogP contribution is -2.50. The van der Waals surface area contributed by atoms with Crippen molar-refractivity contribution in [3.63, 3.8) is 0 Å². The second-order valence-electron chi connectivity index (χ2n) is 7.19. The third-order valence-corrected chi connectivity index (χ3v) is 5.28. The summed E-state index contributed by atoms with van der Waals surface area (Å²) < 4.78 is 29.4. The standard InChI is InChI=1S/C22H24FN5O4/c1-30-16-11-15(12-17(13-16)31-2)27-6-8-28(9-7-27)22(29)26-20-21(32-3)25-19-10-14(23)4-5-18(19)24-20/h4-5,10-13H,6-9H2,1-3H3,(H,24,26,29). The number of halogens is 1. The van der Waals surface area contributed by atoms with E-state index in [0.29, 0.717) is 48.7 Å². The SMILES string of the molecule is COc1cc(OC)cc(N2CCN(C(=O)Nc3nc4ccc(F)cc4nc3OC)CC2)c1. The van der Waals surface area contributed by atoms with Crippen LogP contribution in [0.5, 0.6) is 17.4 Å². The Kier molecular flexibility index (Phi) is 6.11. The van der Waals surface area contributed by atoms with Crippen LogP contribution in [0.4, 0.5) is 20.7 Å². The number of amides is 2. The molecule has 1 fully saturated rings. The number of carbonyl (C=O) groups excluding carboxylic acids is 1. The Hall–Kier alpha value is -3.82. The minimum absolute atomic E-state index is 0.124. The minimum atomic E-state index is -0.419. The Balaban J connectivity index is 1.45. The van der Waals surface area contributed by atoms with Gasteiger partial charge in [0.2, 0.25) is 0 Å². The number of ether oxygens (including phenoxy) is 3. The third kappa shape index (κ3) is 4.43. The summed E-state index contributed by atoms with van der Waals surface area (Å²) in [6, 6.07) is 9.47. The molecule has 1 aromatic heterocycles. The second-order valence-corrected chi connectivity index (χ2v) is 7.19. The quantitative estimate of drug-likeness (QED) is 0.651. The molecule has 0 atom stereocenters. The Bertz CT molecular complexity index is 1110. The maximum atomic E-state index is 13.5. The van der Waals surface area contributed by atoms with Crippen LogP contribution < -0.4 is 24.4 Å². The molecule has 1 aliphatic heterocycles. The van der Waals surface area contributed by atoms with Crippen molar-refractivity contribution >= 4 is 28.6 Å². The van der Waals surface area contributed by atoms with E-state index >= 15 is 0 Å². The van der Waals surface area contributed by atoms with Gasteiger partial charge in [-0.05, 0) is 12.1 Å². The molecule has 0 bridgehead atoms. The lowest BCUT2D eigenvalue weighted by Gasteiger charge is -2.36. The van der Waals surface area contributed by atoms with Gasteiger partial charge in [0, 0.05) is 56.1 Å². The Morgan fingerprint density at radius 2 is 1.59 bits per heavy atom. The molecular formula is C22H24FN5O4. The van der Waals surface area contributed by atoms with Crippen LogP contribution in [0.2, 0.25) is 0 Å². The first-order valence-electron chi connectivity index (χ1n) is 10.1. The molecule has 0 radical (unpaired) electrons. The number of rotatable bonds is 5. The van der Waals surface area contributed by atoms with Crippen LogP contribution in [0.3, 0.4) is 0 Å². The first-order chi connectivity index (χ1) is 15.5. The molecule has 4 rings (SSSR count). The molecule has 1 saturated heterocycles. The zero-order valence-electron chi connectivity index (χ0n) is 18.1. The van der Waals surface area contributed by atoms with Gasteiger partial charge < -0.3 is 24.0 Å². The smallest absolute Gasteiger partial charge is 0.323 e. The summed E-state index contributed by atoms with van der Waals surface area (Å²) in [6.45, 7) is 2.31. The number of aromatic nitrogens is 2. The summed E-state index contributed by atoms with van der Waals surface area (Å²) in [5.74, 6) is 1.31. The third-order valence-electron chi connectivity index (χ3n) is 5.28. The van der Waals surface area contributed by atoms with Crippen LogP contribution in [0.25, 0.3) is 11.0 Å². The van der Waals surface area contributed by atoms with Crippen molar-refractivity contribution in [3.05, 3.63) is 42.2 Å².